The Labute approximate surface area is 146 Å². The first-order chi connectivity index (χ1) is 12.4. The van der Waals surface area contributed by atoms with Gasteiger partial charge in [-0.3, -0.25) is 0 Å². The molecule has 0 unspecified atom stereocenters. The number of hydrogen-bond acceptors (Lipinski definition) is 1. The summed E-state index contributed by atoms with van der Waals surface area (Å²) in [5, 5.41) is 0. The molecular weight excluding hydrogens is 353 g/mol. The van der Waals surface area contributed by atoms with E-state index in [1.807, 2.05) is 0 Å². The summed E-state index contributed by atoms with van der Waals surface area (Å²) in [5.74, 6) is -3.10. The molecule has 2 nitrogen and oxygen atoms in total. The molecule has 1 heterocycles. The quantitative estimate of drug-likeness (QED) is 0.549. The number of halogens is 5. The summed E-state index contributed by atoms with van der Waals surface area (Å²) in [7, 11) is 1.34. The summed E-state index contributed by atoms with van der Waals surface area (Å²) in [5.41, 5.74) is 0.437. The number of rotatable bonds is 5. The highest BCUT2D eigenvalue weighted by atomic mass is 19.3. The lowest BCUT2D eigenvalue weighted by atomic mass is 10.0. The monoisotopic (exact) mass is 367 g/mol. The van der Waals surface area contributed by atoms with E-state index >= 15 is 0 Å². The number of hydrogen-bond donors (Lipinski definition) is 0. The Hall–Kier alpha value is -2.83. The highest BCUT2D eigenvalue weighted by Crippen LogP contribution is 2.38. The molecule has 0 N–H and O–H groups in total. The summed E-state index contributed by atoms with van der Waals surface area (Å²) < 4.78 is 73.4. The van der Waals surface area contributed by atoms with Gasteiger partial charge >= 0.3 is 0 Å². The van der Waals surface area contributed by atoms with Gasteiger partial charge in [0.05, 0.1) is 11.3 Å². The molecular formula is C19H14F5NO. The van der Waals surface area contributed by atoms with Crippen molar-refractivity contribution >= 4 is 0 Å². The highest BCUT2D eigenvalue weighted by molar-refractivity contribution is 5.82. The second-order valence-electron chi connectivity index (χ2n) is 5.62. The summed E-state index contributed by atoms with van der Waals surface area (Å²) in [6.07, 6.45) is -2.77. The Balaban J connectivity index is 2.13. The van der Waals surface area contributed by atoms with Crippen molar-refractivity contribution in [3.05, 3.63) is 66.1 Å². The number of aromatic nitrogens is 1. The van der Waals surface area contributed by atoms with Crippen LogP contribution in [0.3, 0.4) is 0 Å². The van der Waals surface area contributed by atoms with Crippen LogP contribution in [-0.2, 0) is 7.05 Å². The summed E-state index contributed by atoms with van der Waals surface area (Å²) in [6.45, 7) is -0.980. The van der Waals surface area contributed by atoms with Gasteiger partial charge in [-0.15, -0.1) is 0 Å². The lowest BCUT2D eigenvalue weighted by Gasteiger charge is -2.13. The van der Waals surface area contributed by atoms with Crippen molar-refractivity contribution < 1.29 is 26.7 Å². The summed E-state index contributed by atoms with van der Waals surface area (Å²) in [6, 6.07) is 11.4. The van der Waals surface area contributed by atoms with E-state index < -0.39 is 36.2 Å². The molecule has 0 aliphatic carbocycles. The van der Waals surface area contributed by atoms with E-state index in [9.17, 15) is 22.0 Å². The van der Waals surface area contributed by atoms with Crippen LogP contribution in [0.4, 0.5) is 22.0 Å². The van der Waals surface area contributed by atoms with E-state index in [0.29, 0.717) is 11.1 Å². The van der Waals surface area contributed by atoms with Crippen LogP contribution in [0.5, 0.6) is 5.75 Å². The molecule has 0 saturated carbocycles. The van der Waals surface area contributed by atoms with Gasteiger partial charge in [0, 0.05) is 30.8 Å². The fraction of sp³-hybridized carbons (Fsp3) is 0.158. The molecule has 0 aliphatic heterocycles. The van der Waals surface area contributed by atoms with Crippen molar-refractivity contribution in [3.8, 4) is 28.1 Å². The van der Waals surface area contributed by atoms with E-state index in [1.165, 1.54) is 13.1 Å². The molecule has 0 radical (unpaired) electrons. The Morgan fingerprint density at radius 2 is 1.58 bits per heavy atom. The van der Waals surface area contributed by atoms with Crippen molar-refractivity contribution in [1.29, 1.82) is 0 Å². The van der Waals surface area contributed by atoms with Gasteiger partial charge in [0.15, 0.2) is 5.95 Å². The molecule has 3 rings (SSSR count). The third-order valence-corrected chi connectivity index (χ3v) is 3.89. The minimum Gasteiger partial charge on any atom is -0.487 e. The molecule has 136 valence electrons. The average molecular weight is 367 g/mol. The maximum Gasteiger partial charge on any atom is 0.272 e. The first-order valence-corrected chi connectivity index (χ1v) is 7.69. The topological polar surface area (TPSA) is 14.2 Å². The first-order valence-electron chi connectivity index (χ1n) is 7.69. The zero-order chi connectivity index (χ0) is 18.8. The SMILES string of the molecule is Cn1c(F)cc(-c2ccccc2)c1-c1c(F)cc(OCC(F)F)cc1F. The fourth-order valence-electron chi connectivity index (χ4n) is 2.73. The standard InChI is InChI=1S/C19H14F5NO/c1-25-17(24)9-13(11-5-3-2-4-6-11)19(25)18-14(20)7-12(8-15(18)21)26-10-16(22)23/h2-9,16H,10H2,1H3. The lowest BCUT2D eigenvalue weighted by molar-refractivity contribution is 0.0815. The first kappa shape index (κ1) is 18.0. The van der Waals surface area contributed by atoms with Crippen molar-refractivity contribution in [1.82, 2.24) is 4.57 Å². The second kappa shape index (κ2) is 7.19. The molecule has 3 aromatic rings. The number of nitrogens with zero attached hydrogens (tertiary/aromatic N) is 1. The molecule has 1 aromatic heterocycles. The molecule has 0 aliphatic rings. The zero-order valence-electron chi connectivity index (χ0n) is 13.6. The minimum atomic E-state index is -2.77. The smallest absolute Gasteiger partial charge is 0.272 e. The molecule has 2 aromatic carbocycles. The van der Waals surface area contributed by atoms with E-state index in [1.54, 1.807) is 30.3 Å². The van der Waals surface area contributed by atoms with Gasteiger partial charge in [-0.1, -0.05) is 30.3 Å². The van der Waals surface area contributed by atoms with Crippen molar-refractivity contribution in [2.45, 2.75) is 6.43 Å². The third-order valence-electron chi connectivity index (χ3n) is 3.89. The van der Waals surface area contributed by atoms with E-state index in [4.69, 9.17) is 0 Å². The second-order valence-corrected chi connectivity index (χ2v) is 5.62. The molecule has 0 bridgehead atoms. The van der Waals surface area contributed by atoms with Gasteiger partial charge in [-0.05, 0) is 5.56 Å². The van der Waals surface area contributed by atoms with Gasteiger partial charge in [0.2, 0.25) is 0 Å². The van der Waals surface area contributed by atoms with Crippen LogP contribution in [0.2, 0.25) is 0 Å². The maximum absolute atomic E-state index is 14.6. The molecule has 0 amide bonds. The third kappa shape index (κ3) is 3.42. The molecule has 7 heteroatoms. The molecule has 26 heavy (non-hydrogen) atoms. The zero-order valence-corrected chi connectivity index (χ0v) is 13.6. The Morgan fingerprint density at radius 3 is 2.15 bits per heavy atom. The van der Waals surface area contributed by atoms with Crippen LogP contribution in [0.1, 0.15) is 0 Å². The molecule has 0 fully saturated rings. The normalized spacial score (nSPS) is 11.2. The Bertz CT molecular complexity index is 898. The molecule has 0 saturated heterocycles. The largest absolute Gasteiger partial charge is 0.487 e. The number of alkyl halides is 2. The lowest BCUT2D eigenvalue weighted by Crippen LogP contribution is -2.08. The van der Waals surface area contributed by atoms with Crippen LogP contribution in [0, 0.1) is 17.6 Å². The predicted octanol–water partition coefficient (Wildman–Crippen LogP) is 5.42. The number of benzene rings is 2. The van der Waals surface area contributed by atoms with Gasteiger partial charge in [-0.2, -0.15) is 4.39 Å². The molecule has 0 spiro atoms. The van der Waals surface area contributed by atoms with Gasteiger partial charge in [-0.25, -0.2) is 17.6 Å². The van der Waals surface area contributed by atoms with Gasteiger partial charge in [0.1, 0.15) is 24.0 Å². The van der Waals surface area contributed by atoms with Crippen molar-refractivity contribution in [3.63, 3.8) is 0 Å². The van der Waals surface area contributed by atoms with E-state index in [0.717, 1.165) is 16.7 Å². The van der Waals surface area contributed by atoms with Crippen LogP contribution in [-0.4, -0.2) is 17.6 Å². The van der Waals surface area contributed by atoms with Crippen LogP contribution in [0.15, 0.2) is 48.5 Å². The average Bonchev–Trinajstić information content (AvgIpc) is 2.89. The predicted molar refractivity (Wildman–Crippen MR) is 87.7 cm³/mol. The fourth-order valence-corrected chi connectivity index (χ4v) is 2.73. The summed E-state index contributed by atoms with van der Waals surface area (Å²) >= 11 is 0. The number of ether oxygens (including phenoxy) is 1. The Kier molecular flexibility index (Phi) is 4.97. The highest BCUT2D eigenvalue weighted by Gasteiger charge is 2.23. The van der Waals surface area contributed by atoms with Crippen LogP contribution in [0.25, 0.3) is 22.4 Å². The minimum absolute atomic E-state index is 0.00381. The van der Waals surface area contributed by atoms with E-state index in [-0.39, 0.29) is 11.4 Å². The molecule has 0 atom stereocenters. The van der Waals surface area contributed by atoms with Crippen molar-refractivity contribution in [2.75, 3.05) is 6.61 Å². The van der Waals surface area contributed by atoms with Crippen molar-refractivity contribution in [2.24, 2.45) is 7.05 Å². The van der Waals surface area contributed by atoms with Gasteiger partial charge in [0.25, 0.3) is 6.43 Å². The van der Waals surface area contributed by atoms with Crippen LogP contribution < -0.4 is 4.74 Å². The summed E-state index contributed by atoms with van der Waals surface area (Å²) in [4.78, 5) is 0. The van der Waals surface area contributed by atoms with Crippen LogP contribution >= 0.6 is 0 Å². The van der Waals surface area contributed by atoms with E-state index in [2.05, 4.69) is 4.74 Å². The maximum atomic E-state index is 14.6. The Morgan fingerprint density at radius 1 is 0.962 bits per heavy atom. The van der Waals surface area contributed by atoms with Gasteiger partial charge < -0.3 is 9.30 Å².